The average molecular weight is 175 g/mol. The van der Waals surface area contributed by atoms with Gasteiger partial charge in [0.25, 0.3) is 0 Å². The highest BCUT2D eigenvalue weighted by atomic mass is 32.2. The summed E-state index contributed by atoms with van der Waals surface area (Å²) in [5, 5.41) is 0. The average Bonchev–Trinajstić information content (AvgIpc) is 1.96. The van der Waals surface area contributed by atoms with Crippen molar-refractivity contribution in [2.75, 3.05) is 5.75 Å². The fraction of sp³-hybridized carbons (Fsp3) is 1.00. The van der Waals surface area contributed by atoms with E-state index in [0.717, 1.165) is 0 Å². The lowest BCUT2D eigenvalue weighted by Gasteiger charge is -2.05. The molecule has 0 saturated heterocycles. The standard InChI is InChI=1S/C9H21NS/c1-4-5-6-7-8-11-10-9(2)3/h9-10H,4-8H2,1-3H3. The Bertz CT molecular complexity index is 74.0. The van der Waals surface area contributed by atoms with E-state index in [0.29, 0.717) is 6.04 Å². The van der Waals surface area contributed by atoms with Crippen molar-refractivity contribution < 1.29 is 0 Å². The molecule has 0 radical (unpaired) electrons. The van der Waals surface area contributed by atoms with Crippen LogP contribution >= 0.6 is 11.9 Å². The van der Waals surface area contributed by atoms with Crippen LogP contribution in [0.1, 0.15) is 46.5 Å². The summed E-state index contributed by atoms with van der Waals surface area (Å²) < 4.78 is 3.34. The molecule has 1 N–H and O–H groups in total. The van der Waals surface area contributed by atoms with Crippen LogP contribution < -0.4 is 4.72 Å². The molecule has 0 amide bonds. The predicted octanol–water partition coefficient (Wildman–Crippen LogP) is 3.21. The summed E-state index contributed by atoms with van der Waals surface area (Å²) in [7, 11) is 0. The zero-order chi connectivity index (χ0) is 8.53. The molecule has 0 aromatic rings. The molecule has 0 aromatic carbocycles. The lowest BCUT2D eigenvalue weighted by atomic mass is 10.2. The van der Waals surface area contributed by atoms with Crippen molar-refractivity contribution in [2.24, 2.45) is 0 Å². The molecule has 0 bridgehead atoms. The summed E-state index contributed by atoms with van der Waals surface area (Å²) in [6.07, 6.45) is 5.48. The molecular weight excluding hydrogens is 154 g/mol. The number of hydrogen-bond donors (Lipinski definition) is 1. The summed E-state index contributed by atoms with van der Waals surface area (Å²) in [5.74, 6) is 1.26. The van der Waals surface area contributed by atoms with Gasteiger partial charge in [-0.15, -0.1) is 0 Å². The van der Waals surface area contributed by atoms with Gasteiger partial charge in [-0.3, -0.25) is 4.72 Å². The maximum atomic E-state index is 3.34. The van der Waals surface area contributed by atoms with E-state index in [1.165, 1.54) is 31.4 Å². The lowest BCUT2D eigenvalue weighted by molar-refractivity contribution is 0.703. The van der Waals surface area contributed by atoms with E-state index in [4.69, 9.17) is 0 Å². The van der Waals surface area contributed by atoms with Crippen LogP contribution in [0.25, 0.3) is 0 Å². The third-order valence-corrected chi connectivity index (χ3v) is 2.55. The van der Waals surface area contributed by atoms with Crippen LogP contribution in [-0.4, -0.2) is 11.8 Å². The van der Waals surface area contributed by atoms with Crippen molar-refractivity contribution in [1.29, 1.82) is 0 Å². The van der Waals surface area contributed by atoms with E-state index in [9.17, 15) is 0 Å². The second-order valence-electron chi connectivity index (χ2n) is 3.18. The third kappa shape index (κ3) is 10.3. The van der Waals surface area contributed by atoms with Crippen molar-refractivity contribution >= 4 is 11.9 Å². The van der Waals surface area contributed by atoms with Crippen LogP contribution in [0.2, 0.25) is 0 Å². The van der Waals surface area contributed by atoms with E-state index < -0.39 is 0 Å². The van der Waals surface area contributed by atoms with Crippen LogP contribution in [-0.2, 0) is 0 Å². The first-order valence-corrected chi connectivity index (χ1v) is 5.63. The van der Waals surface area contributed by atoms with Crippen LogP contribution in [0.15, 0.2) is 0 Å². The number of unbranched alkanes of at least 4 members (excludes halogenated alkanes) is 3. The Kier molecular flexibility index (Phi) is 8.64. The van der Waals surface area contributed by atoms with E-state index in [2.05, 4.69) is 25.5 Å². The number of hydrogen-bond acceptors (Lipinski definition) is 2. The molecule has 0 aliphatic rings. The Hall–Kier alpha value is 0.310. The van der Waals surface area contributed by atoms with Gasteiger partial charge in [0.1, 0.15) is 0 Å². The Morgan fingerprint density at radius 3 is 2.45 bits per heavy atom. The largest absolute Gasteiger partial charge is 0.262 e. The number of nitrogens with one attached hydrogen (secondary N) is 1. The molecule has 0 spiro atoms. The minimum Gasteiger partial charge on any atom is -0.262 e. The third-order valence-electron chi connectivity index (χ3n) is 1.42. The zero-order valence-corrected chi connectivity index (χ0v) is 8.84. The highest BCUT2D eigenvalue weighted by Gasteiger charge is 1.91. The van der Waals surface area contributed by atoms with Crippen LogP contribution in [0.4, 0.5) is 0 Å². The van der Waals surface area contributed by atoms with Gasteiger partial charge in [-0.1, -0.05) is 38.1 Å². The first-order valence-electron chi connectivity index (χ1n) is 4.64. The van der Waals surface area contributed by atoms with Gasteiger partial charge in [-0.2, -0.15) is 0 Å². The Morgan fingerprint density at radius 2 is 1.91 bits per heavy atom. The van der Waals surface area contributed by atoms with Crippen molar-refractivity contribution in [3.8, 4) is 0 Å². The smallest absolute Gasteiger partial charge is 0.0115 e. The Balaban J connectivity index is 2.80. The molecule has 0 unspecified atom stereocenters. The Labute approximate surface area is 75.5 Å². The highest BCUT2D eigenvalue weighted by Crippen LogP contribution is 2.04. The molecule has 0 saturated carbocycles. The second-order valence-corrected chi connectivity index (χ2v) is 4.11. The summed E-state index contributed by atoms with van der Waals surface area (Å²) in [6.45, 7) is 6.61. The fourth-order valence-corrected chi connectivity index (χ4v) is 1.63. The van der Waals surface area contributed by atoms with Crippen LogP contribution in [0, 0.1) is 0 Å². The molecule has 0 heterocycles. The molecule has 68 valence electrons. The molecule has 0 fully saturated rings. The molecule has 11 heavy (non-hydrogen) atoms. The van der Waals surface area contributed by atoms with Gasteiger partial charge in [0.05, 0.1) is 0 Å². The normalized spacial score (nSPS) is 10.9. The van der Waals surface area contributed by atoms with Gasteiger partial charge in [0, 0.05) is 11.8 Å². The van der Waals surface area contributed by atoms with E-state index in [-0.39, 0.29) is 0 Å². The Morgan fingerprint density at radius 1 is 1.18 bits per heavy atom. The maximum Gasteiger partial charge on any atom is 0.0115 e. The molecule has 0 aromatic heterocycles. The molecule has 0 aliphatic heterocycles. The van der Waals surface area contributed by atoms with E-state index in [1.54, 1.807) is 0 Å². The molecule has 0 atom stereocenters. The monoisotopic (exact) mass is 175 g/mol. The summed E-state index contributed by atoms with van der Waals surface area (Å²) in [4.78, 5) is 0. The summed E-state index contributed by atoms with van der Waals surface area (Å²) in [5.41, 5.74) is 0. The van der Waals surface area contributed by atoms with Gasteiger partial charge in [0.2, 0.25) is 0 Å². The van der Waals surface area contributed by atoms with Gasteiger partial charge in [-0.25, -0.2) is 0 Å². The van der Waals surface area contributed by atoms with E-state index in [1.807, 2.05) is 11.9 Å². The molecular formula is C9H21NS. The molecule has 1 nitrogen and oxygen atoms in total. The molecule has 0 aliphatic carbocycles. The maximum absolute atomic E-state index is 3.34. The lowest BCUT2D eigenvalue weighted by Crippen LogP contribution is -2.14. The van der Waals surface area contributed by atoms with Crippen molar-refractivity contribution in [3.05, 3.63) is 0 Å². The van der Waals surface area contributed by atoms with Gasteiger partial charge in [0.15, 0.2) is 0 Å². The number of rotatable bonds is 7. The van der Waals surface area contributed by atoms with Crippen LogP contribution in [0.3, 0.4) is 0 Å². The van der Waals surface area contributed by atoms with Gasteiger partial charge >= 0.3 is 0 Å². The van der Waals surface area contributed by atoms with Crippen molar-refractivity contribution in [1.82, 2.24) is 4.72 Å². The zero-order valence-electron chi connectivity index (χ0n) is 8.02. The quantitative estimate of drug-likeness (QED) is 0.471. The van der Waals surface area contributed by atoms with E-state index >= 15 is 0 Å². The van der Waals surface area contributed by atoms with Crippen molar-refractivity contribution in [3.63, 3.8) is 0 Å². The van der Waals surface area contributed by atoms with Gasteiger partial charge < -0.3 is 0 Å². The molecule has 2 heteroatoms. The first-order chi connectivity index (χ1) is 5.27. The fourth-order valence-electron chi connectivity index (χ4n) is 0.827. The SMILES string of the molecule is CCCCCCSNC(C)C. The van der Waals surface area contributed by atoms with Gasteiger partial charge in [-0.05, 0) is 20.3 Å². The first kappa shape index (κ1) is 11.3. The summed E-state index contributed by atoms with van der Waals surface area (Å²) in [6, 6.07) is 0.617. The predicted molar refractivity (Wildman–Crippen MR) is 54.9 cm³/mol. The highest BCUT2D eigenvalue weighted by molar-refractivity contribution is 7.97. The minimum atomic E-state index is 0.617. The summed E-state index contributed by atoms with van der Waals surface area (Å²) >= 11 is 1.86. The topological polar surface area (TPSA) is 12.0 Å². The van der Waals surface area contributed by atoms with Crippen LogP contribution in [0.5, 0.6) is 0 Å². The second kappa shape index (κ2) is 8.41. The molecule has 0 rings (SSSR count). The van der Waals surface area contributed by atoms with Crippen molar-refractivity contribution in [2.45, 2.75) is 52.5 Å². The minimum absolute atomic E-state index is 0.617.